The van der Waals surface area contributed by atoms with Gasteiger partial charge in [-0.05, 0) is 34.1 Å². The number of alkyl halides is 3. The first-order valence-electron chi connectivity index (χ1n) is 5.17. The fourth-order valence-electron chi connectivity index (χ4n) is 1.42. The van der Waals surface area contributed by atoms with Crippen molar-refractivity contribution in [3.8, 4) is 0 Å². The number of carbonyl (C=O) groups is 1. The second-order valence-electron chi connectivity index (χ2n) is 3.72. The molecule has 0 atom stereocenters. The monoisotopic (exact) mass is 365 g/mol. The Balaban J connectivity index is 2.27. The van der Waals surface area contributed by atoms with Crippen molar-refractivity contribution in [1.29, 1.82) is 0 Å². The molecular formula is C11H7BrF3N3OS. The van der Waals surface area contributed by atoms with Crippen LogP contribution < -0.4 is 11.1 Å². The second-order valence-corrected chi connectivity index (χ2v) is 6.13. The normalized spacial score (nSPS) is 11.4. The van der Waals surface area contributed by atoms with Crippen molar-refractivity contribution >= 4 is 44.0 Å². The summed E-state index contributed by atoms with van der Waals surface area (Å²) in [7, 11) is 0. The quantitative estimate of drug-likeness (QED) is 0.796. The summed E-state index contributed by atoms with van der Waals surface area (Å²) in [6.45, 7) is 0. The van der Waals surface area contributed by atoms with Crippen LogP contribution in [0.15, 0.2) is 28.2 Å². The number of nitrogens with zero attached hydrogens (tertiary/aromatic N) is 1. The summed E-state index contributed by atoms with van der Waals surface area (Å²) in [5.74, 6) is -0.683. The lowest BCUT2D eigenvalue weighted by Gasteiger charge is -2.11. The maximum absolute atomic E-state index is 12.7. The Hall–Kier alpha value is -1.61. The molecule has 1 aromatic carbocycles. The highest BCUT2D eigenvalue weighted by molar-refractivity contribution is 9.11. The highest BCUT2D eigenvalue weighted by Crippen LogP contribution is 2.34. The topological polar surface area (TPSA) is 68.0 Å². The molecule has 0 radical (unpaired) electrons. The van der Waals surface area contributed by atoms with Gasteiger partial charge in [-0.2, -0.15) is 13.2 Å². The lowest BCUT2D eigenvalue weighted by molar-refractivity contribution is -0.136. The van der Waals surface area contributed by atoms with Crippen molar-refractivity contribution in [3.05, 3.63) is 39.3 Å². The Morgan fingerprint density at radius 2 is 2.10 bits per heavy atom. The van der Waals surface area contributed by atoms with E-state index in [0.29, 0.717) is 9.85 Å². The van der Waals surface area contributed by atoms with Crippen LogP contribution in [-0.4, -0.2) is 10.9 Å². The van der Waals surface area contributed by atoms with Gasteiger partial charge in [-0.1, -0.05) is 11.3 Å². The van der Waals surface area contributed by atoms with Crippen LogP contribution in [0.1, 0.15) is 15.9 Å². The lowest BCUT2D eigenvalue weighted by Crippen LogP contribution is -2.15. The zero-order chi connectivity index (χ0) is 14.9. The van der Waals surface area contributed by atoms with Gasteiger partial charge < -0.3 is 5.73 Å². The summed E-state index contributed by atoms with van der Waals surface area (Å²) >= 11 is 4.32. The molecule has 3 N–H and O–H groups in total. The molecule has 1 aromatic heterocycles. The number of hydrogen-bond acceptors (Lipinski definition) is 4. The fourth-order valence-corrected chi connectivity index (χ4v) is 2.53. The Kier molecular flexibility index (Phi) is 4.00. The molecule has 1 amide bonds. The van der Waals surface area contributed by atoms with E-state index < -0.39 is 23.3 Å². The maximum atomic E-state index is 12.7. The lowest BCUT2D eigenvalue weighted by atomic mass is 10.1. The number of nitrogens with two attached hydrogens (primary N) is 1. The Morgan fingerprint density at radius 3 is 2.65 bits per heavy atom. The molecule has 0 spiro atoms. The fraction of sp³-hybridized carbons (Fsp3) is 0.0909. The van der Waals surface area contributed by atoms with Gasteiger partial charge in [0.2, 0.25) is 0 Å². The molecule has 0 unspecified atom stereocenters. The summed E-state index contributed by atoms with van der Waals surface area (Å²) in [5.41, 5.74) is 3.66. The predicted molar refractivity (Wildman–Crippen MR) is 73.6 cm³/mol. The molecule has 4 nitrogen and oxygen atoms in total. The molecule has 2 aromatic rings. The first-order valence-corrected chi connectivity index (χ1v) is 6.77. The number of anilines is 2. The molecule has 9 heteroatoms. The third-order valence-electron chi connectivity index (χ3n) is 2.32. The predicted octanol–water partition coefficient (Wildman–Crippen LogP) is 3.76. The molecule has 0 bridgehead atoms. The number of carbonyl (C=O) groups excluding carboxylic acids is 1. The summed E-state index contributed by atoms with van der Waals surface area (Å²) in [6, 6.07) is 2.99. The van der Waals surface area contributed by atoms with Crippen molar-refractivity contribution in [2.24, 2.45) is 0 Å². The Morgan fingerprint density at radius 1 is 1.40 bits per heavy atom. The van der Waals surface area contributed by atoms with Crippen molar-refractivity contribution in [2.75, 3.05) is 11.1 Å². The molecule has 0 fully saturated rings. The van der Waals surface area contributed by atoms with E-state index in [0.717, 1.165) is 17.4 Å². The van der Waals surface area contributed by atoms with Crippen LogP contribution in [0, 0.1) is 0 Å². The average Bonchev–Trinajstić information content (AvgIpc) is 2.73. The van der Waals surface area contributed by atoms with Crippen LogP contribution in [0.3, 0.4) is 0 Å². The standard InChI is InChI=1S/C11H7BrF3N3OS/c12-8-4-17-10(20-8)18-9(19)5-1-2-7(16)6(3-5)11(13,14)15/h1-4H,16H2,(H,17,18,19). The zero-order valence-electron chi connectivity index (χ0n) is 9.66. The number of thiazole rings is 1. The number of amides is 1. The number of hydrogen-bond donors (Lipinski definition) is 2. The van der Waals surface area contributed by atoms with E-state index >= 15 is 0 Å². The van der Waals surface area contributed by atoms with Gasteiger partial charge >= 0.3 is 6.18 Å². The van der Waals surface area contributed by atoms with E-state index in [-0.39, 0.29) is 10.7 Å². The van der Waals surface area contributed by atoms with Crippen LogP contribution in [0.4, 0.5) is 24.0 Å². The van der Waals surface area contributed by atoms with Crippen LogP contribution in [-0.2, 0) is 6.18 Å². The van der Waals surface area contributed by atoms with Gasteiger partial charge in [-0.3, -0.25) is 10.1 Å². The number of benzene rings is 1. The van der Waals surface area contributed by atoms with Crippen molar-refractivity contribution in [1.82, 2.24) is 4.98 Å². The summed E-state index contributed by atoms with van der Waals surface area (Å²) in [4.78, 5) is 15.7. The number of halogens is 4. The zero-order valence-corrected chi connectivity index (χ0v) is 12.1. The Bertz CT molecular complexity index is 657. The van der Waals surface area contributed by atoms with Gasteiger partial charge in [0.05, 0.1) is 15.5 Å². The maximum Gasteiger partial charge on any atom is 0.418 e. The highest BCUT2D eigenvalue weighted by atomic mass is 79.9. The van der Waals surface area contributed by atoms with E-state index in [2.05, 4.69) is 26.2 Å². The van der Waals surface area contributed by atoms with Crippen molar-refractivity contribution < 1.29 is 18.0 Å². The second kappa shape index (κ2) is 5.41. The molecule has 0 saturated carbocycles. The highest BCUT2D eigenvalue weighted by Gasteiger charge is 2.33. The van der Waals surface area contributed by atoms with Gasteiger partial charge in [-0.15, -0.1) is 0 Å². The molecule has 20 heavy (non-hydrogen) atoms. The first-order chi connectivity index (χ1) is 9.27. The number of nitrogens with one attached hydrogen (secondary N) is 1. The summed E-state index contributed by atoms with van der Waals surface area (Å²) in [5, 5.41) is 2.69. The third-order valence-corrected chi connectivity index (χ3v) is 3.71. The van der Waals surface area contributed by atoms with Crippen molar-refractivity contribution in [2.45, 2.75) is 6.18 Å². The van der Waals surface area contributed by atoms with Gasteiger partial charge in [0.25, 0.3) is 5.91 Å². The molecule has 0 aliphatic rings. The van der Waals surface area contributed by atoms with E-state index in [1.54, 1.807) is 0 Å². The molecule has 0 saturated heterocycles. The smallest absolute Gasteiger partial charge is 0.398 e. The third kappa shape index (κ3) is 3.28. The molecule has 0 aliphatic heterocycles. The average molecular weight is 366 g/mol. The first kappa shape index (κ1) is 14.8. The van der Waals surface area contributed by atoms with Crippen LogP contribution in [0.2, 0.25) is 0 Å². The van der Waals surface area contributed by atoms with E-state index in [4.69, 9.17) is 5.73 Å². The van der Waals surface area contributed by atoms with Crippen LogP contribution >= 0.6 is 27.3 Å². The van der Waals surface area contributed by atoms with E-state index in [1.807, 2.05) is 0 Å². The minimum Gasteiger partial charge on any atom is -0.398 e. The number of rotatable bonds is 2. The molecule has 106 valence electrons. The molecule has 1 heterocycles. The van der Waals surface area contributed by atoms with Crippen LogP contribution in [0.25, 0.3) is 0 Å². The number of aromatic nitrogens is 1. The van der Waals surface area contributed by atoms with Gasteiger partial charge in [-0.25, -0.2) is 4.98 Å². The van der Waals surface area contributed by atoms with Crippen molar-refractivity contribution in [3.63, 3.8) is 0 Å². The minimum absolute atomic E-state index is 0.141. The number of nitrogen functional groups attached to an aromatic ring is 1. The largest absolute Gasteiger partial charge is 0.418 e. The molecular weight excluding hydrogens is 359 g/mol. The van der Waals surface area contributed by atoms with E-state index in [1.165, 1.54) is 12.3 Å². The summed E-state index contributed by atoms with van der Waals surface area (Å²) in [6.07, 6.45) is -3.13. The van der Waals surface area contributed by atoms with Crippen LogP contribution in [0.5, 0.6) is 0 Å². The van der Waals surface area contributed by atoms with Gasteiger partial charge in [0, 0.05) is 11.3 Å². The van der Waals surface area contributed by atoms with Gasteiger partial charge in [0.15, 0.2) is 5.13 Å². The molecule has 2 rings (SSSR count). The SMILES string of the molecule is Nc1ccc(C(=O)Nc2ncc(Br)s2)cc1C(F)(F)F. The minimum atomic E-state index is -4.61. The Labute approximate surface area is 123 Å². The van der Waals surface area contributed by atoms with E-state index in [9.17, 15) is 18.0 Å². The summed E-state index contributed by atoms with van der Waals surface area (Å²) < 4.78 is 38.8. The van der Waals surface area contributed by atoms with Gasteiger partial charge in [0.1, 0.15) is 0 Å². The molecule has 0 aliphatic carbocycles.